The van der Waals surface area contributed by atoms with Gasteiger partial charge < -0.3 is 25.6 Å². The highest BCUT2D eigenvalue weighted by atomic mass is 16.6. The number of aliphatic hydroxyl groups is 1. The van der Waals surface area contributed by atoms with Gasteiger partial charge >= 0.3 is 6.09 Å². The van der Waals surface area contributed by atoms with E-state index in [1.165, 1.54) is 4.90 Å². The van der Waals surface area contributed by atoms with Gasteiger partial charge in [-0.15, -0.1) is 0 Å². The molecular weight excluding hydrogens is 240 g/mol. The van der Waals surface area contributed by atoms with Crippen LogP contribution in [0.4, 0.5) is 4.79 Å². The van der Waals surface area contributed by atoms with Crippen molar-refractivity contribution in [1.29, 1.82) is 0 Å². The van der Waals surface area contributed by atoms with Crippen molar-refractivity contribution in [2.75, 3.05) is 13.1 Å². The van der Waals surface area contributed by atoms with E-state index < -0.39 is 23.8 Å². The average molecular weight is 262 g/mol. The predicted octanol–water partition coefficient (Wildman–Crippen LogP) is 0.0162. The first-order chi connectivity index (χ1) is 8.03. The maximum Gasteiger partial charge on any atom is 0.410 e. The molecule has 1 amide bonds. The van der Waals surface area contributed by atoms with Gasteiger partial charge in [0.1, 0.15) is 5.60 Å². The number of carbonyl (C=O) groups excluding carboxylic acids is 1. The third-order valence-electron chi connectivity index (χ3n) is 1.98. The molecule has 0 aliphatic carbocycles. The van der Waals surface area contributed by atoms with Crippen LogP contribution in [0.3, 0.4) is 0 Å². The summed E-state index contributed by atoms with van der Waals surface area (Å²) < 4.78 is 5.14. The zero-order valence-electron chi connectivity index (χ0n) is 11.2. The smallest absolute Gasteiger partial charge is 0.410 e. The first kappa shape index (κ1) is 16.7. The van der Waals surface area contributed by atoms with Gasteiger partial charge in [-0.2, -0.15) is 0 Å². The first-order valence-corrected chi connectivity index (χ1v) is 5.64. The van der Waals surface area contributed by atoms with Gasteiger partial charge in [-0.05, 0) is 20.8 Å². The number of β-amino-alcohol motifs (C(OH)–C–C–N with tert-alkyl or cyclic N) is 1. The second kappa shape index (κ2) is 6.55. The number of nitrogens with zero attached hydrogens (tertiary/aromatic N) is 1. The molecule has 0 saturated carbocycles. The van der Waals surface area contributed by atoms with Gasteiger partial charge in [0, 0.05) is 13.5 Å². The summed E-state index contributed by atoms with van der Waals surface area (Å²) in [6.07, 6.45) is -1.05. The number of nitrogens with two attached hydrogens (primary N) is 1. The molecule has 1 saturated heterocycles. The van der Waals surface area contributed by atoms with E-state index in [4.69, 9.17) is 20.4 Å². The van der Waals surface area contributed by atoms with Crippen LogP contribution in [-0.4, -0.2) is 58.0 Å². The molecule has 0 radical (unpaired) electrons. The molecule has 0 aromatic rings. The molecule has 0 unspecified atom stereocenters. The number of hydrogen-bond donors (Lipinski definition) is 3. The molecule has 4 N–H and O–H groups in total. The van der Waals surface area contributed by atoms with Crippen molar-refractivity contribution in [2.24, 2.45) is 5.73 Å². The molecule has 7 heteroatoms. The van der Waals surface area contributed by atoms with Crippen molar-refractivity contribution in [3.05, 3.63) is 0 Å². The largest absolute Gasteiger partial charge is 0.481 e. The van der Waals surface area contributed by atoms with Crippen molar-refractivity contribution in [1.82, 2.24) is 4.90 Å². The molecule has 7 nitrogen and oxygen atoms in total. The molecule has 106 valence electrons. The third-order valence-corrected chi connectivity index (χ3v) is 1.98. The van der Waals surface area contributed by atoms with Gasteiger partial charge in [0.25, 0.3) is 5.97 Å². The van der Waals surface area contributed by atoms with E-state index in [0.717, 1.165) is 6.92 Å². The van der Waals surface area contributed by atoms with E-state index in [9.17, 15) is 9.90 Å². The third kappa shape index (κ3) is 7.08. The van der Waals surface area contributed by atoms with E-state index in [1.54, 1.807) is 20.8 Å². The lowest BCUT2D eigenvalue weighted by Crippen LogP contribution is -2.36. The molecule has 0 spiro atoms. The average Bonchev–Trinajstić information content (AvgIpc) is 2.43. The van der Waals surface area contributed by atoms with Gasteiger partial charge in [-0.3, -0.25) is 4.79 Å². The lowest BCUT2D eigenvalue weighted by molar-refractivity contribution is -0.134. The standard InChI is InChI=1S/C9H18N2O3.C2H4O2/c1-9(2,3)14-8(13)11-4-6(10)7(12)5-11;1-2(3)4/h6-7,12H,4-5,10H2,1-3H3;1H3,(H,3,4)/t6-,7-;/m0./s1. The van der Waals surface area contributed by atoms with Crippen LogP contribution in [0.15, 0.2) is 0 Å². The van der Waals surface area contributed by atoms with Gasteiger partial charge in [-0.25, -0.2) is 4.79 Å². The number of rotatable bonds is 0. The zero-order valence-corrected chi connectivity index (χ0v) is 11.2. The Morgan fingerprint density at radius 3 is 2.06 bits per heavy atom. The highest BCUT2D eigenvalue weighted by Gasteiger charge is 2.33. The number of aliphatic hydroxyl groups excluding tert-OH is 1. The Morgan fingerprint density at radius 1 is 1.33 bits per heavy atom. The van der Waals surface area contributed by atoms with Crippen LogP contribution in [0.5, 0.6) is 0 Å². The minimum atomic E-state index is -0.833. The normalized spacial score (nSPS) is 23.1. The number of aliphatic carboxylic acids is 1. The van der Waals surface area contributed by atoms with Gasteiger partial charge in [-0.1, -0.05) is 0 Å². The minimum Gasteiger partial charge on any atom is -0.481 e. The lowest BCUT2D eigenvalue weighted by Gasteiger charge is -2.24. The molecule has 1 fully saturated rings. The van der Waals surface area contributed by atoms with Crippen LogP contribution in [0.1, 0.15) is 27.7 Å². The highest BCUT2D eigenvalue weighted by Crippen LogP contribution is 2.14. The van der Waals surface area contributed by atoms with Crippen LogP contribution in [-0.2, 0) is 9.53 Å². The number of likely N-dealkylation sites (tertiary alicyclic amines) is 1. The minimum absolute atomic E-state index is 0.260. The van der Waals surface area contributed by atoms with E-state index in [2.05, 4.69) is 0 Å². The summed E-state index contributed by atoms with van der Waals surface area (Å²) >= 11 is 0. The van der Waals surface area contributed by atoms with Crippen LogP contribution in [0.2, 0.25) is 0 Å². The fraction of sp³-hybridized carbons (Fsp3) is 0.818. The lowest BCUT2D eigenvalue weighted by atomic mass is 10.2. The summed E-state index contributed by atoms with van der Waals surface area (Å²) in [5, 5.41) is 16.8. The topological polar surface area (TPSA) is 113 Å². The Morgan fingerprint density at radius 2 is 1.78 bits per heavy atom. The second-order valence-electron chi connectivity index (χ2n) is 5.14. The van der Waals surface area contributed by atoms with Crippen LogP contribution < -0.4 is 5.73 Å². The molecule has 1 aliphatic rings. The first-order valence-electron chi connectivity index (χ1n) is 5.64. The van der Waals surface area contributed by atoms with Crippen molar-refractivity contribution < 1.29 is 24.5 Å². The van der Waals surface area contributed by atoms with Gasteiger partial charge in [0.05, 0.1) is 18.7 Å². The van der Waals surface area contributed by atoms with E-state index >= 15 is 0 Å². The molecule has 1 rings (SSSR count). The maximum atomic E-state index is 11.5. The van der Waals surface area contributed by atoms with Crippen LogP contribution >= 0.6 is 0 Å². The summed E-state index contributed by atoms with van der Waals surface area (Å²) in [7, 11) is 0. The van der Waals surface area contributed by atoms with Crippen molar-refractivity contribution in [3.63, 3.8) is 0 Å². The number of carboxylic acids is 1. The number of carboxylic acid groups (broad SMARTS) is 1. The molecule has 0 bridgehead atoms. The van der Waals surface area contributed by atoms with Crippen molar-refractivity contribution in [3.8, 4) is 0 Å². The Hall–Kier alpha value is -1.34. The molecule has 1 aliphatic heterocycles. The van der Waals surface area contributed by atoms with E-state index in [-0.39, 0.29) is 12.6 Å². The van der Waals surface area contributed by atoms with E-state index in [1.807, 2.05) is 0 Å². The fourth-order valence-corrected chi connectivity index (χ4v) is 1.29. The van der Waals surface area contributed by atoms with Crippen LogP contribution in [0.25, 0.3) is 0 Å². The highest BCUT2D eigenvalue weighted by molar-refractivity contribution is 5.68. The summed E-state index contributed by atoms with van der Waals surface area (Å²) in [5.41, 5.74) is 5.07. The number of ether oxygens (including phenoxy) is 1. The quantitative estimate of drug-likeness (QED) is 0.567. The van der Waals surface area contributed by atoms with Crippen LogP contribution in [0, 0.1) is 0 Å². The molecule has 1 heterocycles. The zero-order chi connectivity index (χ0) is 14.5. The van der Waals surface area contributed by atoms with Crippen molar-refractivity contribution >= 4 is 12.1 Å². The number of amides is 1. The summed E-state index contributed by atoms with van der Waals surface area (Å²) in [4.78, 5) is 21.9. The Balaban J connectivity index is 0.000000631. The molecule has 0 aromatic heterocycles. The molecule has 18 heavy (non-hydrogen) atoms. The van der Waals surface area contributed by atoms with Gasteiger partial charge in [0.15, 0.2) is 0 Å². The maximum absolute atomic E-state index is 11.5. The summed E-state index contributed by atoms with van der Waals surface area (Å²) in [5.74, 6) is -0.833. The SMILES string of the molecule is CC(=O)O.CC(C)(C)OC(=O)N1C[C@H](N)[C@@H](O)C1. The summed E-state index contributed by atoms with van der Waals surface area (Å²) in [6.45, 7) is 7.11. The van der Waals surface area contributed by atoms with Crippen molar-refractivity contribution in [2.45, 2.75) is 45.4 Å². The fourth-order valence-electron chi connectivity index (χ4n) is 1.29. The second-order valence-corrected chi connectivity index (χ2v) is 5.14. The predicted molar refractivity (Wildman–Crippen MR) is 65.1 cm³/mol. The molecule has 2 atom stereocenters. The monoisotopic (exact) mass is 262 g/mol. The number of carbonyl (C=O) groups is 2. The van der Waals surface area contributed by atoms with Gasteiger partial charge in [0.2, 0.25) is 0 Å². The number of hydrogen-bond acceptors (Lipinski definition) is 5. The Labute approximate surface area is 107 Å². The Kier molecular flexibility index (Phi) is 6.07. The Bertz CT molecular complexity index is 286. The van der Waals surface area contributed by atoms with E-state index in [0.29, 0.717) is 6.54 Å². The summed E-state index contributed by atoms with van der Waals surface area (Å²) in [6, 6.07) is -0.359. The molecule has 0 aromatic carbocycles. The molecular formula is C11H22N2O5.